The highest BCUT2D eigenvalue weighted by molar-refractivity contribution is 7.92. The Bertz CT molecular complexity index is 1480. The zero-order valence-electron chi connectivity index (χ0n) is 15.5. The van der Waals surface area contributed by atoms with Gasteiger partial charge < -0.3 is 0 Å². The van der Waals surface area contributed by atoms with Gasteiger partial charge in [0, 0.05) is 5.02 Å². The molecule has 0 bridgehead atoms. The van der Waals surface area contributed by atoms with Crippen LogP contribution in [0.15, 0.2) is 64.3 Å². The van der Waals surface area contributed by atoms with Crippen LogP contribution >= 0.6 is 46.4 Å². The van der Waals surface area contributed by atoms with E-state index in [0.29, 0.717) is 17.1 Å². The summed E-state index contributed by atoms with van der Waals surface area (Å²) < 4.78 is 29.6. The van der Waals surface area contributed by atoms with Gasteiger partial charge in [0.05, 0.1) is 38.2 Å². The minimum absolute atomic E-state index is 0.0335. The molecule has 0 atom stereocenters. The summed E-state index contributed by atoms with van der Waals surface area (Å²) in [5, 5.41) is 3.61. The maximum atomic E-state index is 12.8. The fraction of sp³-hybridized carbons (Fsp3) is 0.0500. The summed E-state index contributed by atoms with van der Waals surface area (Å²) in [5.41, 5.74) is 0.929. The van der Waals surface area contributed by atoms with E-state index in [9.17, 15) is 13.2 Å². The van der Waals surface area contributed by atoms with Crippen LogP contribution in [0.3, 0.4) is 0 Å². The highest BCUT2D eigenvalue weighted by atomic mass is 35.5. The van der Waals surface area contributed by atoms with Crippen LogP contribution in [-0.2, 0) is 16.6 Å². The number of aromatic nitrogens is 2. The third-order valence-corrected chi connectivity index (χ3v) is 7.61. The van der Waals surface area contributed by atoms with Gasteiger partial charge in [-0.2, -0.15) is 0 Å². The van der Waals surface area contributed by atoms with Crippen molar-refractivity contribution in [3.8, 4) is 0 Å². The Labute approximate surface area is 197 Å². The van der Waals surface area contributed by atoms with Crippen LogP contribution in [0.25, 0.3) is 10.9 Å². The molecule has 1 heterocycles. The largest absolute Gasteiger partial charge is 0.280 e. The summed E-state index contributed by atoms with van der Waals surface area (Å²) in [6.45, 7) is 0.304. The topological polar surface area (TPSA) is 84.0 Å². The minimum Gasteiger partial charge on any atom is -0.280 e. The maximum absolute atomic E-state index is 12.8. The van der Waals surface area contributed by atoms with E-state index >= 15 is 0 Å². The van der Waals surface area contributed by atoms with Crippen molar-refractivity contribution < 1.29 is 8.42 Å². The average Bonchev–Trinajstić information content (AvgIpc) is 3.00. The van der Waals surface area contributed by atoms with Crippen LogP contribution in [0.5, 0.6) is 0 Å². The Balaban J connectivity index is 1.75. The van der Waals surface area contributed by atoms with E-state index in [1.54, 1.807) is 10.7 Å². The molecule has 2 N–H and O–H groups in total. The van der Waals surface area contributed by atoms with Gasteiger partial charge in [-0.25, -0.2) is 8.42 Å². The lowest BCUT2D eigenvalue weighted by Gasteiger charge is -2.12. The van der Waals surface area contributed by atoms with Crippen molar-refractivity contribution in [3.05, 3.63) is 90.6 Å². The van der Waals surface area contributed by atoms with Crippen LogP contribution in [0, 0.1) is 0 Å². The van der Waals surface area contributed by atoms with Gasteiger partial charge in [0.25, 0.3) is 15.6 Å². The number of nitrogens with zero attached hydrogens (tertiary/aromatic N) is 1. The number of halogens is 4. The number of nitrogens with one attached hydrogen (secondary N) is 2. The van der Waals surface area contributed by atoms with Gasteiger partial charge in [-0.15, -0.1) is 0 Å². The molecule has 3 aromatic carbocycles. The van der Waals surface area contributed by atoms with Gasteiger partial charge in [0.15, 0.2) is 0 Å². The Hall–Kier alpha value is -2.16. The lowest BCUT2D eigenvalue weighted by Crippen LogP contribution is -2.14. The number of benzene rings is 3. The Morgan fingerprint density at radius 2 is 1.61 bits per heavy atom. The SMILES string of the molecule is O=c1[nH]n(Cc2ccccc2Cl)c2cc(Cl)c(NS(=O)(=O)c3cccc(Cl)c3Cl)cc12. The number of fused-ring (bicyclic) bond motifs is 1. The molecule has 0 aliphatic carbocycles. The van der Waals surface area contributed by atoms with Gasteiger partial charge >= 0.3 is 0 Å². The normalized spacial score (nSPS) is 11.7. The zero-order chi connectivity index (χ0) is 22.3. The van der Waals surface area contributed by atoms with Crippen LogP contribution in [-0.4, -0.2) is 18.2 Å². The van der Waals surface area contributed by atoms with Gasteiger partial charge in [0.2, 0.25) is 0 Å². The average molecular weight is 517 g/mol. The predicted molar refractivity (Wildman–Crippen MR) is 125 cm³/mol. The summed E-state index contributed by atoms with van der Waals surface area (Å²) in [6.07, 6.45) is 0. The van der Waals surface area contributed by atoms with Crippen molar-refractivity contribution in [1.82, 2.24) is 9.78 Å². The molecular formula is C20H13Cl4N3O3S. The molecule has 0 saturated heterocycles. The van der Waals surface area contributed by atoms with Crippen molar-refractivity contribution in [2.45, 2.75) is 11.4 Å². The molecule has 0 saturated carbocycles. The highest BCUT2D eigenvalue weighted by Crippen LogP contribution is 2.33. The number of aromatic amines is 1. The first-order valence-corrected chi connectivity index (χ1v) is 11.8. The van der Waals surface area contributed by atoms with Crippen molar-refractivity contribution in [2.75, 3.05) is 4.72 Å². The molecule has 160 valence electrons. The van der Waals surface area contributed by atoms with Crippen molar-refractivity contribution in [1.29, 1.82) is 0 Å². The quantitative estimate of drug-likeness (QED) is 0.352. The highest BCUT2D eigenvalue weighted by Gasteiger charge is 2.22. The molecule has 0 spiro atoms. The van der Waals surface area contributed by atoms with E-state index in [2.05, 4.69) is 9.82 Å². The number of hydrogen-bond acceptors (Lipinski definition) is 3. The molecule has 0 fully saturated rings. The van der Waals surface area contributed by atoms with Gasteiger partial charge in [-0.05, 0) is 35.9 Å². The lowest BCUT2D eigenvalue weighted by molar-refractivity contribution is 0.601. The lowest BCUT2D eigenvalue weighted by atomic mass is 10.2. The molecule has 0 radical (unpaired) electrons. The van der Waals surface area contributed by atoms with Crippen LogP contribution < -0.4 is 10.3 Å². The summed E-state index contributed by atoms with van der Waals surface area (Å²) in [4.78, 5) is 12.3. The molecule has 0 amide bonds. The number of H-pyrrole nitrogens is 1. The fourth-order valence-electron chi connectivity index (χ4n) is 3.10. The summed E-state index contributed by atoms with van der Waals surface area (Å²) in [7, 11) is -4.11. The number of anilines is 1. The molecule has 31 heavy (non-hydrogen) atoms. The first-order chi connectivity index (χ1) is 14.7. The summed E-state index contributed by atoms with van der Waals surface area (Å²) in [6, 6.07) is 14.4. The fourth-order valence-corrected chi connectivity index (χ4v) is 5.39. The zero-order valence-corrected chi connectivity index (χ0v) is 19.3. The van der Waals surface area contributed by atoms with Crippen LogP contribution in [0.1, 0.15) is 5.56 Å². The second kappa shape index (κ2) is 8.41. The predicted octanol–water partition coefficient (Wildman–Crippen LogP) is 5.79. The van der Waals surface area contributed by atoms with Crippen molar-refractivity contribution in [3.63, 3.8) is 0 Å². The number of rotatable bonds is 5. The summed E-state index contributed by atoms with van der Waals surface area (Å²) in [5.74, 6) is 0. The van der Waals surface area contributed by atoms with Crippen molar-refractivity contribution >= 4 is 73.0 Å². The van der Waals surface area contributed by atoms with Gasteiger partial charge in [-0.3, -0.25) is 19.3 Å². The second-order valence-electron chi connectivity index (χ2n) is 6.63. The molecular weight excluding hydrogens is 504 g/mol. The van der Waals surface area contributed by atoms with Crippen LogP contribution in [0.4, 0.5) is 5.69 Å². The Kier molecular flexibility index (Phi) is 5.98. The third kappa shape index (κ3) is 4.29. The number of sulfonamides is 1. The first kappa shape index (κ1) is 22.0. The van der Waals surface area contributed by atoms with E-state index in [4.69, 9.17) is 46.4 Å². The molecule has 0 unspecified atom stereocenters. The monoisotopic (exact) mass is 515 g/mol. The Morgan fingerprint density at radius 3 is 2.35 bits per heavy atom. The second-order valence-corrected chi connectivity index (χ2v) is 9.88. The van der Waals surface area contributed by atoms with Gasteiger partial charge in [0.1, 0.15) is 4.90 Å². The molecule has 6 nitrogen and oxygen atoms in total. The molecule has 0 aliphatic heterocycles. The molecule has 11 heteroatoms. The summed E-state index contributed by atoms with van der Waals surface area (Å²) >= 11 is 24.5. The maximum Gasteiger partial charge on any atom is 0.272 e. The third-order valence-electron chi connectivity index (χ3n) is 4.59. The first-order valence-electron chi connectivity index (χ1n) is 8.79. The van der Waals surface area contributed by atoms with E-state index in [-0.39, 0.29) is 31.0 Å². The molecule has 4 rings (SSSR count). The molecule has 0 aliphatic rings. The van der Waals surface area contributed by atoms with Crippen LogP contribution in [0.2, 0.25) is 20.1 Å². The van der Waals surface area contributed by atoms with E-state index in [1.807, 2.05) is 18.2 Å². The van der Waals surface area contributed by atoms with E-state index < -0.39 is 15.6 Å². The molecule has 1 aromatic heterocycles. The van der Waals surface area contributed by atoms with Crippen molar-refractivity contribution in [2.24, 2.45) is 0 Å². The number of hydrogen-bond donors (Lipinski definition) is 2. The standard InChI is InChI=1S/C20H13Cl4N3O3S/c21-13-5-2-1-4-11(13)10-27-17-9-15(23)16(8-12(17)20(28)25-27)26-31(29,30)18-7-3-6-14(22)19(18)24/h1-9,26H,10H2,(H,25,28). The van der Waals surface area contributed by atoms with E-state index in [1.165, 1.54) is 30.3 Å². The smallest absolute Gasteiger partial charge is 0.272 e. The minimum atomic E-state index is -4.11. The molecule has 4 aromatic rings. The van der Waals surface area contributed by atoms with Gasteiger partial charge in [-0.1, -0.05) is 70.7 Å². The Morgan fingerprint density at radius 1 is 0.903 bits per heavy atom. The van der Waals surface area contributed by atoms with E-state index in [0.717, 1.165) is 5.56 Å².